The SMILES string of the molecule is CCCCCN(C(=O)c1c(C)coc1CC(=O)O)C(C)CCC. The summed E-state index contributed by atoms with van der Waals surface area (Å²) in [5, 5.41) is 9.00. The van der Waals surface area contributed by atoms with E-state index in [1.165, 1.54) is 6.26 Å². The number of carbonyl (C=O) groups excluding carboxylic acids is 1. The van der Waals surface area contributed by atoms with Crippen molar-refractivity contribution in [2.75, 3.05) is 6.54 Å². The highest BCUT2D eigenvalue weighted by Crippen LogP contribution is 2.22. The molecule has 0 radical (unpaired) electrons. The van der Waals surface area contributed by atoms with Crippen molar-refractivity contribution in [1.29, 1.82) is 0 Å². The van der Waals surface area contributed by atoms with Crippen LogP contribution in [0, 0.1) is 6.92 Å². The van der Waals surface area contributed by atoms with Gasteiger partial charge in [-0.05, 0) is 26.7 Å². The minimum Gasteiger partial charge on any atom is -0.481 e. The van der Waals surface area contributed by atoms with Gasteiger partial charge in [0.2, 0.25) is 0 Å². The molecule has 0 aliphatic heterocycles. The van der Waals surface area contributed by atoms with Gasteiger partial charge in [0.05, 0.1) is 11.8 Å². The Bertz CT molecular complexity index is 521. The zero-order valence-electron chi connectivity index (χ0n) is 14.7. The van der Waals surface area contributed by atoms with Crippen molar-refractivity contribution >= 4 is 11.9 Å². The van der Waals surface area contributed by atoms with Crippen molar-refractivity contribution in [2.45, 2.75) is 72.3 Å². The molecular formula is C18H29NO4. The topological polar surface area (TPSA) is 70.8 Å². The first-order valence-corrected chi connectivity index (χ1v) is 8.52. The smallest absolute Gasteiger partial charge is 0.311 e. The predicted molar refractivity (Wildman–Crippen MR) is 89.7 cm³/mol. The minimum absolute atomic E-state index is 0.107. The number of aryl methyl sites for hydroxylation is 1. The molecule has 5 heteroatoms. The van der Waals surface area contributed by atoms with Gasteiger partial charge < -0.3 is 14.4 Å². The Labute approximate surface area is 138 Å². The van der Waals surface area contributed by atoms with E-state index >= 15 is 0 Å². The Balaban J connectivity index is 3.03. The van der Waals surface area contributed by atoms with Gasteiger partial charge >= 0.3 is 5.97 Å². The molecule has 5 nitrogen and oxygen atoms in total. The van der Waals surface area contributed by atoms with Gasteiger partial charge in [-0.2, -0.15) is 0 Å². The van der Waals surface area contributed by atoms with E-state index in [4.69, 9.17) is 9.52 Å². The Morgan fingerprint density at radius 2 is 1.96 bits per heavy atom. The van der Waals surface area contributed by atoms with Crippen LogP contribution in [0.2, 0.25) is 0 Å². The van der Waals surface area contributed by atoms with E-state index in [-0.39, 0.29) is 24.1 Å². The first-order valence-electron chi connectivity index (χ1n) is 8.52. The molecule has 0 saturated heterocycles. The average Bonchev–Trinajstić information content (AvgIpc) is 2.83. The second kappa shape index (κ2) is 9.38. The molecule has 1 atom stereocenters. The van der Waals surface area contributed by atoms with Gasteiger partial charge in [-0.1, -0.05) is 33.1 Å². The number of unbranched alkanes of at least 4 members (excludes halogenated alkanes) is 2. The molecule has 0 aliphatic carbocycles. The van der Waals surface area contributed by atoms with E-state index in [2.05, 4.69) is 20.8 Å². The van der Waals surface area contributed by atoms with Gasteiger partial charge in [0.1, 0.15) is 12.2 Å². The largest absolute Gasteiger partial charge is 0.481 e. The first-order chi connectivity index (χ1) is 10.9. The van der Waals surface area contributed by atoms with Gasteiger partial charge in [-0.15, -0.1) is 0 Å². The van der Waals surface area contributed by atoms with E-state index < -0.39 is 5.97 Å². The van der Waals surface area contributed by atoms with E-state index in [1.807, 2.05) is 4.90 Å². The number of nitrogens with zero attached hydrogens (tertiary/aromatic N) is 1. The fraction of sp³-hybridized carbons (Fsp3) is 0.667. The number of rotatable bonds is 10. The molecule has 0 aliphatic rings. The Morgan fingerprint density at radius 3 is 2.52 bits per heavy atom. The van der Waals surface area contributed by atoms with Crippen LogP contribution in [0.4, 0.5) is 0 Å². The van der Waals surface area contributed by atoms with Crippen molar-refractivity contribution in [3.63, 3.8) is 0 Å². The van der Waals surface area contributed by atoms with Crippen LogP contribution in [0.5, 0.6) is 0 Å². The third kappa shape index (κ3) is 5.41. The molecular weight excluding hydrogens is 294 g/mol. The zero-order valence-corrected chi connectivity index (χ0v) is 14.7. The molecule has 1 heterocycles. The van der Waals surface area contributed by atoms with Gasteiger partial charge in [0, 0.05) is 18.2 Å². The van der Waals surface area contributed by atoms with Gasteiger partial charge in [-0.3, -0.25) is 9.59 Å². The molecule has 0 aromatic carbocycles. The summed E-state index contributed by atoms with van der Waals surface area (Å²) in [6, 6.07) is 0.135. The van der Waals surface area contributed by atoms with Gasteiger partial charge in [0.15, 0.2) is 0 Å². The summed E-state index contributed by atoms with van der Waals surface area (Å²) in [7, 11) is 0. The van der Waals surface area contributed by atoms with Crippen LogP contribution in [0.25, 0.3) is 0 Å². The van der Waals surface area contributed by atoms with Crippen LogP contribution in [0.1, 0.15) is 74.6 Å². The van der Waals surface area contributed by atoms with Gasteiger partial charge in [-0.25, -0.2) is 0 Å². The number of carbonyl (C=O) groups is 2. The molecule has 0 bridgehead atoms. The van der Waals surface area contributed by atoms with Crippen LogP contribution < -0.4 is 0 Å². The zero-order chi connectivity index (χ0) is 17.4. The maximum atomic E-state index is 13.0. The molecule has 1 unspecified atom stereocenters. The second-order valence-electron chi connectivity index (χ2n) is 6.13. The number of hydrogen-bond acceptors (Lipinski definition) is 3. The third-order valence-electron chi connectivity index (χ3n) is 4.08. The van der Waals surface area contributed by atoms with Crippen LogP contribution in [-0.4, -0.2) is 34.5 Å². The summed E-state index contributed by atoms with van der Waals surface area (Å²) >= 11 is 0. The molecule has 1 N–H and O–H groups in total. The van der Waals surface area contributed by atoms with Crippen LogP contribution >= 0.6 is 0 Å². The number of amides is 1. The van der Waals surface area contributed by atoms with E-state index in [0.717, 1.165) is 32.1 Å². The predicted octanol–water partition coefficient (Wildman–Crippen LogP) is 4.04. The maximum absolute atomic E-state index is 13.0. The number of carboxylic acids is 1. The van der Waals surface area contributed by atoms with Crippen molar-refractivity contribution in [1.82, 2.24) is 4.90 Å². The fourth-order valence-corrected chi connectivity index (χ4v) is 2.82. The summed E-state index contributed by atoms with van der Waals surface area (Å²) in [6.07, 6.45) is 6.28. The molecule has 23 heavy (non-hydrogen) atoms. The molecule has 0 spiro atoms. The van der Waals surface area contributed by atoms with E-state index in [1.54, 1.807) is 6.92 Å². The van der Waals surface area contributed by atoms with Crippen LogP contribution in [0.15, 0.2) is 10.7 Å². The molecule has 1 aromatic rings. The second-order valence-corrected chi connectivity index (χ2v) is 6.13. The lowest BCUT2D eigenvalue weighted by atomic mass is 10.0. The Hall–Kier alpha value is -1.78. The lowest BCUT2D eigenvalue weighted by Crippen LogP contribution is -2.40. The Morgan fingerprint density at radius 1 is 1.26 bits per heavy atom. The molecule has 1 aromatic heterocycles. The summed E-state index contributed by atoms with van der Waals surface area (Å²) in [5.74, 6) is -0.846. The number of carboxylic acid groups (broad SMARTS) is 1. The molecule has 1 rings (SSSR count). The summed E-state index contributed by atoms with van der Waals surface area (Å²) in [5.41, 5.74) is 1.13. The minimum atomic E-state index is -0.993. The monoisotopic (exact) mass is 323 g/mol. The quantitative estimate of drug-likeness (QED) is 0.660. The number of furan rings is 1. The van der Waals surface area contributed by atoms with Gasteiger partial charge in [0.25, 0.3) is 5.91 Å². The van der Waals surface area contributed by atoms with Crippen LogP contribution in [-0.2, 0) is 11.2 Å². The van der Waals surface area contributed by atoms with Crippen LogP contribution in [0.3, 0.4) is 0 Å². The molecule has 130 valence electrons. The standard InChI is InChI=1S/C18H29NO4/c1-5-7-8-10-19(14(4)9-6-2)18(22)17-13(3)12-23-15(17)11-16(20)21/h12,14H,5-11H2,1-4H3,(H,20,21). The molecule has 0 saturated carbocycles. The summed E-state index contributed by atoms with van der Waals surface area (Å²) in [6.45, 7) is 8.78. The lowest BCUT2D eigenvalue weighted by molar-refractivity contribution is -0.136. The van der Waals surface area contributed by atoms with Crippen molar-refractivity contribution in [3.05, 3.63) is 23.2 Å². The Kier molecular flexibility index (Phi) is 7.86. The van der Waals surface area contributed by atoms with Crippen molar-refractivity contribution in [3.8, 4) is 0 Å². The van der Waals surface area contributed by atoms with E-state index in [9.17, 15) is 9.59 Å². The highest BCUT2D eigenvalue weighted by molar-refractivity contribution is 5.97. The highest BCUT2D eigenvalue weighted by atomic mass is 16.4. The summed E-state index contributed by atoms with van der Waals surface area (Å²) in [4.78, 5) is 25.9. The number of aliphatic carboxylic acids is 1. The first kappa shape index (κ1) is 19.3. The molecule has 1 amide bonds. The normalized spacial score (nSPS) is 12.2. The van der Waals surface area contributed by atoms with Crippen molar-refractivity contribution in [2.24, 2.45) is 0 Å². The highest BCUT2D eigenvalue weighted by Gasteiger charge is 2.27. The average molecular weight is 323 g/mol. The maximum Gasteiger partial charge on any atom is 0.311 e. The number of hydrogen-bond donors (Lipinski definition) is 1. The molecule has 0 fully saturated rings. The van der Waals surface area contributed by atoms with Crippen molar-refractivity contribution < 1.29 is 19.1 Å². The fourth-order valence-electron chi connectivity index (χ4n) is 2.82. The summed E-state index contributed by atoms with van der Waals surface area (Å²) < 4.78 is 5.31. The van der Waals surface area contributed by atoms with E-state index in [0.29, 0.717) is 17.7 Å². The third-order valence-corrected chi connectivity index (χ3v) is 4.08. The lowest BCUT2D eigenvalue weighted by Gasteiger charge is -2.29.